The molecule has 0 fully saturated rings. The summed E-state index contributed by atoms with van der Waals surface area (Å²) < 4.78 is 32.4. The average molecular weight is 429 g/mol. The Morgan fingerprint density at radius 2 is 1.90 bits per heavy atom. The van der Waals surface area contributed by atoms with Crippen molar-refractivity contribution in [2.75, 3.05) is 16.6 Å². The molecule has 1 aliphatic carbocycles. The molecule has 0 saturated carbocycles. The number of aryl methyl sites for hydroxylation is 2. The van der Waals surface area contributed by atoms with Crippen molar-refractivity contribution in [2.45, 2.75) is 51.7 Å². The van der Waals surface area contributed by atoms with Crippen molar-refractivity contribution in [3.63, 3.8) is 0 Å². The van der Waals surface area contributed by atoms with E-state index in [0.717, 1.165) is 18.4 Å². The van der Waals surface area contributed by atoms with Crippen LogP contribution in [0.2, 0.25) is 0 Å². The van der Waals surface area contributed by atoms with Gasteiger partial charge in [0.15, 0.2) is 6.10 Å². The van der Waals surface area contributed by atoms with Gasteiger partial charge in [-0.2, -0.15) is 0 Å². The highest BCUT2D eigenvalue weighted by Crippen LogP contribution is 2.35. The van der Waals surface area contributed by atoms with Crippen LogP contribution in [-0.2, 0) is 27.7 Å². The maximum Gasteiger partial charge on any atom is 0.263 e. The highest BCUT2D eigenvalue weighted by Gasteiger charge is 2.36. The zero-order valence-electron chi connectivity index (χ0n) is 17.4. The lowest BCUT2D eigenvalue weighted by Crippen LogP contribution is -2.51. The lowest BCUT2D eigenvalue weighted by molar-refractivity contribution is -0.128. The van der Waals surface area contributed by atoms with Gasteiger partial charge in [-0.25, -0.2) is 8.42 Å². The number of benzene rings is 2. The number of sulfonamides is 1. The zero-order valence-corrected chi connectivity index (χ0v) is 18.2. The van der Waals surface area contributed by atoms with Gasteiger partial charge in [-0.05, 0) is 68.4 Å². The first-order valence-electron chi connectivity index (χ1n) is 10.6. The normalized spacial score (nSPS) is 19.3. The second-order valence-corrected chi connectivity index (χ2v) is 10.2. The smallest absolute Gasteiger partial charge is 0.263 e. The van der Waals surface area contributed by atoms with Crippen LogP contribution in [0.25, 0.3) is 0 Å². The Morgan fingerprint density at radius 1 is 1.17 bits per heavy atom. The van der Waals surface area contributed by atoms with Crippen LogP contribution in [0.1, 0.15) is 49.4 Å². The molecule has 0 aromatic heterocycles. The van der Waals surface area contributed by atoms with Crippen molar-refractivity contribution in [1.82, 2.24) is 5.32 Å². The van der Waals surface area contributed by atoms with E-state index in [1.165, 1.54) is 28.3 Å². The molecule has 6 nitrogen and oxygen atoms in total. The van der Waals surface area contributed by atoms with Gasteiger partial charge in [-0.15, -0.1) is 0 Å². The summed E-state index contributed by atoms with van der Waals surface area (Å²) in [5.41, 5.74) is 4.29. The van der Waals surface area contributed by atoms with Gasteiger partial charge in [0.25, 0.3) is 5.91 Å². The number of nitrogens with one attached hydrogen (secondary N) is 1. The number of carbonyl (C=O) groups is 1. The Hall–Kier alpha value is -2.54. The molecule has 1 aliphatic heterocycles. The molecule has 0 unspecified atom stereocenters. The second kappa shape index (κ2) is 8.30. The molecule has 2 aromatic carbocycles. The van der Waals surface area contributed by atoms with E-state index in [1.54, 1.807) is 31.2 Å². The number of ether oxygens (including phenoxy) is 1. The summed E-state index contributed by atoms with van der Waals surface area (Å²) in [6.45, 7) is 3.51. The van der Waals surface area contributed by atoms with Crippen LogP contribution in [0.5, 0.6) is 5.75 Å². The molecule has 2 aliphatic rings. The minimum atomic E-state index is -3.52. The van der Waals surface area contributed by atoms with Gasteiger partial charge in [0.1, 0.15) is 5.75 Å². The highest BCUT2D eigenvalue weighted by atomic mass is 32.2. The Balaban J connectivity index is 1.52. The van der Waals surface area contributed by atoms with E-state index in [9.17, 15) is 13.2 Å². The van der Waals surface area contributed by atoms with Crippen molar-refractivity contribution in [3.8, 4) is 5.75 Å². The molecule has 0 saturated heterocycles. The fourth-order valence-electron chi connectivity index (χ4n) is 4.17. The molecule has 0 bridgehead atoms. The quantitative estimate of drug-likeness (QED) is 0.792. The molecule has 0 spiro atoms. The molecule has 7 heteroatoms. The van der Waals surface area contributed by atoms with Crippen molar-refractivity contribution >= 4 is 21.6 Å². The number of carbonyl (C=O) groups excluding carboxylic acids is 1. The predicted octanol–water partition coefficient (Wildman–Crippen LogP) is 3.36. The summed E-state index contributed by atoms with van der Waals surface area (Å²) >= 11 is 0. The van der Waals surface area contributed by atoms with Crippen molar-refractivity contribution in [1.29, 1.82) is 0 Å². The lowest BCUT2D eigenvalue weighted by atomic mass is 9.89. The number of nitrogens with zero attached hydrogens (tertiary/aromatic N) is 1. The van der Waals surface area contributed by atoms with Crippen LogP contribution in [0.4, 0.5) is 5.69 Å². The first-order chi connectivity index (χ1) is 14.4. The topological polar surface area (TPSA) is 75.7 Å². The fourth-order valence-corrected chi connectivity index (χ4v) is 5.30. The standard InChI is InChI=1S/C23H28N2O4S/c1-3-30(27,28)25-15-22(29-21-11-7-6-10-20(21)25)23(26)24-16(2)18-13-12-17-8-4-5-9-19(17)14-18/h6-7,10-14,16,22H,3-5,8-9,15H2,1-2H3,(H,24,26)/t16-,22-/m1/s1. The average Bonchev–Trinajstić information content (AvgIpc) is 2.77. The molecule has 2 atom stereocenters. The van der Waals surface area contributed by atoms with Gasteiger partial charge >= 0.3 is 0 Å². The molecular formula is C23H28N2O4S. The molecule has 160 valence electrons. The Labute approximate surface area is 178 Å². The van der Waals surface area contributed by atoms with E-state index < -0.39 is 16.1 Å². The number of amides is 1. The maximum atomic E-state index is 13.0. The number of para-hydroxylation sites is 2. The van der Waals surface area contributed by atoms with Gasteiger partial charge in [0.2, 0.25) is 10.0 Å². The van der Waals surface area contributed by atoms with Gasteiger partial charge in [0.05, 0.1) is 24.0 Å². The third-order valence-corrected chi connectivity index (χ3v) is 7.71. The van der Waals surface area contributed by atoms with Crippen LogP contribution >= 0.6 is 0 Å². The molecule has 1 heterocycles. The molecular weight excluding hydrogens is 400 g/mol. The fraction of sp³-hybridized carbons (Fsp3) is 0.435. The van der Waals surface area contributed by atoms with Crippen LogP contribution in [-0.4, -0.2) is 32.7 Å². The number of hydrogen-bond acceptors (Lipinski definition) is 4. The lowest BCUT2D eigenvalue weighted by Gasteiger charge is -2.35. The number of hydrogen-bond donors (Lipinski definition) is 1. The van der Waals surface area contributed by atoms with Crippen LogP contribution in [0, 0.1) is 0 Å². The van der Waals surface area contributed by atoms with E-state index in [2.05, 4.69) is 23.5 Å². The molecule has 30 heavy (non-hydrogen) atoms. The van der Waals surface area contributed by atoms with E-state index in [4.69, 9.17) is 4.74 Å². The summed E-state index contributed by atoms with van der Waals surface area (Å²) in [5.74, 6) is 0.0506. The Kier molecular flexibility index (Phi) is 5.73. The van der Waals surface area contributed by atoms with Crippen molar-refractivity contribution < 1.29 is 17.9 Å². The van der Waals surface area contributed by atoms with E-state index in [0.29, 0.717) is 11.4 Å². The summed E-state index contributed by atoms with van der Waals surface area (Å²) in [4.78, 5) is 13.0. The first-order valence-corrected chi connectivity index (χ1v) is 12.2. The number of fused-ring (bicyclic) bond motifs is 2. The van der Waals surface area contributed by atoms with E-state index in [-0.39, 0.29) is 24.2 Å². The van der Waals surface area contributed by atoms with Crippen molar-refractivity contribution in [3.05, 3.63) is 59.2 Å². The monoisotopic (exact) mass is 428 g/mol. The van der Waals surface area contributed by atoms with Gasteiger partial charge < -0.3 is 10.1 Å². The van der Waals surface area contributed by atoms with Crippen LogP contribution < -0.4 is 14.4 Å². The first kappa shape index (κ1) is 20.7. The summed E-state index contributed by atoms with van der Waals surface area (Å²) in [6.07, 6.45) is 3.73. The third-order valence-electron chi connectivity index (χ3n) is 5.96. The van der Waals surface area contributed by atoms with Crippen molar-refractivity contribution in [2.24, 2.45) is 0 Å². The highest BCUT2D eigenvalue weighted by molar-refractivity contribution is 7.92. The molecule has 1 amide bonds. The SMILES string of the molecule is CCS(=O)(=O)N1C[C@H](C(=O)N[C@H](C)c2ccc3c(c2)CCCC3)Oc2ccccc21. The van der Waals surface area contributed by atoms with Gasteiger partial charge in [0, 0.05) is 0 Å². The Morgan fingerprint density at radius 3 is 2.67 bits per heavy atom. The van der Waals surface area contributed by atoms with Gasteiger partial charge in [-0.1, -0.05) is 30.3 Å². The third kappa shape index (κ3) is 4.03. The molecule has 4 rings (SSSR count). The predicted molar refractivity (Wildman–Crippen MR) is 117 cm³/mol. The summed E-state index contributed by atoms with van der Waals surface area (Å²) in [6, 6.07) is 13.2. The largest absolute Gasteiger partial charge is 0.476 e. The minimum Gasteiger partial charge on any atom is -0.476 e. The molecule has 1 N–H and O–H groups in total. The zero-order chi connectivity index (χ0) is 21.3. The summed E-state index contributed by atoms with van der Waals surface area (Å²) in [7, 11) is -3.52. The second-order valence-electron chi connectivity index (χ2n) is 7.97. The van der Waals surface area contributed by atoms with E-state index >= 15 is 0 Å². The Bertz CT molecular complexity index is 1050. The number of anilines is 1. The van der Waals surface area contributed by atoms with Gasteiger partial charge in [-0.3, -0.25) is 9.10 Å². The number of rotatable bonds is 5. The van der Waals surface area contributed by atoms with Crippen LogP contribution in [0.3, 0.4) is 0 Å². The minimum absolute atomic E-state index is 0.0318. The summed E-state index contributed by atoms with van der Waals surface area (Å²) in [5, 5.41) is 3.01. The van der Waals surface area contributed by atoms with Crippen LogP contribution in [0.15, 0.2) is 42.5 Å². The molecule has 2 aromatic rings. The van der Waals surface area contributed by atoms with E-state index in [1.807, 2.05) is 6.92 Å². The maximum absolute atomic E-state index is 13.0. The molecule has 0 radical (unpaired) electrons.